The van der Waals surface area contributed by atoms with Gasteiger partial charge >= 0.3 is 11.9 Å². The maximum Gasteiger partial charge on any atom is 0.304 e. The number of carboxylic acids is 2. The Bertz CT molecular complexity index is 231. The van der Waals surface area contributed by atoms with Gasteiger partial charge in [0.1, 0.15) is 0 Å². The first-order chi connectivity index (χ1) is 8.06. The molecule has 0 saturated heterocycles. The van der Waals surface area contributed by atoms with Crippen LogP contribution in [0, 0.1) is 0 Å². The number of carboxylic acid groups (broad SMARTS) is 2. The van der Waals surface area contributed by atoms with Gasteiger partial charge in [0.05, 0.1) is 6.42 Å². The maximum absolute atomic E-state index is 10.6. The monoisotopic (exact) mass is 262 g/mol. The van der Waals surface area contributed by atoms with Crippen molar-refractivity contribution in [3.63, 3.8) is 0 Å². The smallest absolute Gasteiger partial charge is 0.304 e. The van der Waals surface area contributed by atoms with Crippen LogP contribution >= 0.6 is 11.8 Å². The molecular formula is C12H22O4S. The van der Waals surface area contributed by atoms with Crippen molar-refractivity contribution in [3.8, 4) is 0 Å². The van der Waals surface area contributed by atoms with Gasteiger partial charge in [0.15, 0.2) is 0 Å². The summed E-state index contributed by atoms with van der Waals surface area (Å²) in [5.74, 6) is -0.772. The topological polar surface area (TPSA) is 74.6 Å². The third-order valence-corrected chi connectivity index (χ3v) is 3.83. The summed E-state index contributed by atoms with van der Waals surface area (Å²) in [6.07, 6.45) is 5.21. The van der Waals surface area contributed by atoms with Crippen molar-refractivity contribution in [2.75, 3.05) is 5.75 Å². The second-order valence-electron chi connectivity index (χ2n) is 4.08. The summed E-state index contributed by atoms with van der Waals surface area (Å²) < 4.78 is 0. The van der Waals surface area contributed by atoms with Gasteiger partial charge in [0.25, 0.3) is 0 Å². The van der Waals surface area contributed by atoms with Crippen molar-refractivity contribution in [3.05, 3.63) is 0 Å². The summed E-state index contributed by atoms with van der Waals surface area (Å²) in [6.45, 7) is 2.15. The Kier molecular flexibility index (Phi) is 10.0. The molecule has 0 aliphatic rings. The van der Waals surface area contributed by atoms with E-state index in [4.69, 9.17) is 10.2 Å². The summed E-state index contributed by atoms with van der Waals surface area (Å²) in [5.41, 5.74) is 0. The van der Waals surface area contributed by atoms with Crippen LogP contribution in [0.5, 0.6) is 0 Å². The Labute approximate surface area is 107 Å². The molecule has 5 heteroatoms. The highest BCUT2D eigenvalue weighted by atomic mass is 32.2. The van der Waals surface area contributed by atoms with Crippen LogP contribution in [-0.4, -0.2) is 33.2 Å². The number of unbranched alkanes of at least 4 members (excludes halogenated alkanes) is 3. The summed E-state index contributed by atoms with van der Waals surface area (Å²) in [5, 5.41) is 17.2. The minimum atomic E-state index is -0.855. The molecule has 0 aliphatic heterocycles. The van der Waals surface area contributed by atoms with Gasteiger partial charge < -0.3 is 10.2 Å². The molecule has 0 aliphatic carbocycles. The highest BCUT2D eigenvalue weighted by Crippen LogP contribution is 2.21. The van der Waals surface area contributed by atoms with Crippen molar-refractivity contribution in [1.82, 2.24) is 0 Å². The van der Waals surface area contributed by atoms with Crippen LogP contribution in [0.25, 0.3) is 0 Å². The molecule has 1 atom stereocenters. The predicted octanol–water partition coefficient (Wildman–Crippen LogP) is 3.01. The summed E-state index contributed by atoms with van der Waals surface area (Å²) >= 11 is 1.60. The first-order valence-electron chi connectivity index (χ1n) is 6.11. The highest BCUT2D eigenvalue weighted by Gasteiger charge is 2.14. The normalized spacial score (nSPS) is 12.3. The standard InChI is InChI=1S/C12H22O4S/c1-2-3-4-5-8-17-10(9-12(15)16)6-7-11(13)14/h10H,2-9H2,1H3,(H,13,14)(H,15,16). The molecule has 0 aromatic carbocycles. The Balaban J connectivity index is 3.76. The van der Waals surface area contributed by atoms with E-state index in [0.717, 1.165) is 12.2 Å². The molecule has 0 amide bonds. The third kappa shape index (κ3) is 11.6. The van der Waals surface area contributed by atoms with Crippen molar-refractivity contribution >= 4 is 23.7 Å². The van der Waals surface area contributed by atoms with E-state index in [1.807, 2.05) is 0 Å². The van der Waals surface area contributed by atoms with Gasteiger partial charge in [-0.25, -0.2) is 0 Å². The molecule has 0 rings (SSSR count). The number of rotatable bonds is 11. The van der Waals surface area contributed by atoms with Gasteiger partial charge in [0.2, 0.25) is 0 Å². The van der Waals surface area contributed by atoms with Crippen LogP contribution in [0.15, 0.2) is 0 Å². The molecule has 0 radical (unpaired) electrons. The molecule has 17 heavy (non-hydrogen) atoms. The lowest BCUT2D eigenvalue weighted by Crippen LogP contribution is -2.12. The summed E-state index contributed by atoms with van der Waals surface area (Å²) in [4.78, 5) is 21.1. The predicted molar refractivity (Wildman–Crippen MR) is 69.5 cm³/mol. The minimum absolute atomic E-state index is 0.0555. The molecule has 0 aromatic heterocycles. The fourth-order valence-corrected chi connectivity index (χ4v) is 2.75. The second kappa shape index (κ2) is 10.4. The lowest BCUT2D eigenvalue weighted by atomic mass is 10.2. The van der Waals surface area contributed by atoms with Crippen molar-refractivity contribution in [2.45, 2.75) is 57.1 Å². The number of hydrogen-bond donors (Lipinski definition) is 2. The fraction of sp³-hybridized carbons (Fsp3) is 0.833. The number of hydrogen-bond acceptors (Lipinski definition) is 3. The second-order valence-corrected chi connectivity index (χ2v) is 5.49. The van der Waals surface area contributed by atoms with Crippen LogP contribution in [0.4, 0.5) is 0 Å². The van der Waals surface area contributed by atoms with E-state index in [2.05, 4.69) is 6.92 Å². The van der Waals surface area contributed by atoms with E-state index in [1.54, 1.807) is 11.8 Å². The van der Waals surface area contributed by atoms with Gasteiger partial charge in [0, 0.05) is 11.7 Å². The molecule has 0 spiro atoms. The Morgan fingerprint density at radius 1 is 1.12 bits per heavy atom. The molecule has 0 aromatic rings. The van der Waals surface area contributed by atoms with Gasteiger partial charge in [-0.3, -0.25) is 9.59 Å². The average Bonchev–Trinajstić information content (AvgIpc) is 2.24. The van der Waals surface area contributed by atoms with Crippen molar-refractivity contribution in [1.29, 1.82) is 0 Å². The average molecular weight is 262 g/mol. The number of carbonyl (C=O) groups is 2. The highest BCUT2D eigenvalue weighted by molar-refractivity contribution is 7.99. The number of aliphatic carboxylic acids is 2. The zero-order valence-corrected chi connectivity index (χ0v) is 11.2. The molecule has 2 N–H and O–H groups in total. The Morgan fingerprint density at radius 3 is 2.35 bits per heavy atom. The number of thioether (sulfide) groups is 1. The van der Waals surface area contributed by atoms with E-state index in [1.165, 1.54) is 19.3 Å². The molecule has 0 heterocycles. The van der Waals surface area contributed by atoms with Crippen molar-refractivity contribution in [2.24, 2.45) is 0 Å². The van der Waals surface area contributed by atoms with Gasteiger partial charge in [-0.1, -0.05) is 26.2 Å². The van der Waals surface area contributed by atoms with E-state index >= 15 is 0 Å². The van der Waals surface area contributed by atoms with Crippen molar-refractivity contribution < 1.29 is 19.8 Å². The summed E-state index contributed by atoms with van der Waals surface area (Å²) in [6, 6.07) is 0. The minimum Gasteiger partial charge on any atom is -0.481 e. The lowest BCUT2D eigenvalue weighted by Gasteiger charge is -2.13. The first-order valence-corrected chi connectivity index (χ1v) is 7.16. The largest absolute Gasteiger partial charge is 0.481 e. The van der Waals surface area contributed by atoms with E-state index in [9.17, 15) is 9.59 Å². The molecule has 0 bridgehead atoms. The fourth-order valence-electron chi connectivity index (χ4n) is 1.50. The van der Waals surface area contributed by atoms with Crippen LogP contribution in [0.3, 0.4) is 0 Å². The Morgan fingerprint density at radius 2 is 1.82 bits per heavy atom. The van der Waals surface area contributed by atoms with Crippen LogP contribution in [0.2, 0.25) is 0 Å². The zero-order valence-electron chi connectivity index (χ0n) is 10.4. The van der Waals surface area contributed by atoms with Crippen LogP contribution in [-0.2, 0) is 9.59 Å². The quantitative estimate of drug-likeness (QED) is 0.560. The van der Waals surface area contributed by atoms with E-state index in [0.29, 0.717) is 6.42 Å². The summed E-state index contributed by atoms with van der Waals surface area (Å²) in [7, 11) is 0. The SMILES string of the molecule is CCCCCCSC(CCC(=O)O)CC(=O)O. The molecule has 1 unspecified atom stereocenters. The third-order valence-electron chi connectivity index (χ3n) is 2.43. The van der Waals surface area contributed by atoms with Gasteiger partial charge in [-0.05, 0) is 18.6 Å². The van der Waals surface area contributed by atoms with E-state index < -0.39 is 11.9 Å². The van der Waals surface area contributed by atoms with Crippen LogP contribution < -0.4 is 0 Å². The lowest BCUT2D eigenvalue weighted by molar-refractivity contribution is -0.139. The van der Waals surface area contributed by atoms with Gasteiger partial charge in [-0.15, -0.1) is 0 Å². The van der Waals surface area contributed by atoms with Crippen LogP contribution in [0.1, 0.15) is 51.9 Å². The molecule has 4 nitrogen and oxygen atoms in total. The zero-order chi connectivity index (χ0) is 13.1. The molecule has 0 fully saturated rings. The molecule has 0 saturated carbocycles. The maximum atomic E-state index is 10.6. The molecular weight excluding hydrogens is 240 g/mol. The van der Waals surface area contributed by atoms with E-state index in [-0.39, 0.29) is 18.1 Å². The molecule has 100 valence electrons. The Hall–Kier alpha value is -0.710. The first kappa shape index (κ1) is 16.3. The van der Waals surface area contributed by atoms with Gasteiger partial charge in [-0.2, -0.15) is 11.8 Å².